The monoisotopic (exact) mass is 536 g/mol. The lowest BCUT2D eigenvalue weighted by atomic mass is 10.2. The number of hydrogen-bond acceptors (Lipinski definition) is 6. The van der Waals surface area contributed by atoms with Crippen molar-refractivity contribution in [1.82, 2.24) is 14.2 Å². The summed E-state index contributed by atoms with van der Waals surface area (Å²) in [7, 11) is -3.89. The third-order valence-corrected chi connectivity index (χ3v) is 9.50. The first kappa shape index (κ1) is 26.6. The molecular formula is C25H30F2N4O3S2. The Balaban J connectivity index is 1.69. The molecule has 1 aliphatic rings. The number of halogens is 2. The van der Waals surface area contributed by atoms with Crippen molar-refractivity contribution in [1.29, 1.82) is 0 Å². The van der Waals surface area contributed by atoms with Crippen LogP contribution in [0.15, 0.2) is 41.3 Å². The number of likely N-dealkylation sites (N-methyl/N-ethyl adjacent to an activating group) is 1. The lowest BCUT2D eigenvalue weighted by molar-refractivity contribution is -0.121. The lowest BCUT2D eigenvalue weighted by Crippen LogP contribution is -2.49. The summed E-state index contributed by atoms with van der Waals surface area (Å²) in [6.07, 6.45) is 0.921. The number of fused-ring (bicyclic) bond motifs is 1. The molecule has 0 spiro atoms. The second-order valence-corrected chi connectivity index (χ2v) is 11.7. The van der Waals surface area contributed by atoms with Gasteiger partial charge in [-0.3, -0.25) is 9.69 Å². The number of aromatic nitrogens is 1. The maximum absolute atomic E-state index is 14.4. The zero-order valence-corrected chi connectivity index (χ0v) is 22.2. The molecule has 2 aromatic carbocycles. The highest BCUT2D eigenvalue weighted by Gasteiger charge is 2.42. The van der Waals surface area contributed by atoms with Gasteiger partial charge in [-0.2, -0.15) is 4.31 Å². The molecule has 1 aromatic heterocycles. The average molecular weight is 537 g/mol. The van der Waals surface area contributed by atoms with Crippen LogP contribution in [0.1, 0.15) is 32.3 Å². The van der Waals surface area contributed by atoms with Crippen molar-refractivity contribution in [2.75, 3.05) is 37.6 Å². The zero-order chi connectivity index (χ0) is 26.0. The van der Waals surface area contributed by atoms with E-state index in [0.29, 0.717) is 24.1 Å². The van der Waals surface area contributed by atoms with Crippen LogP contribution in [0.25, 0.3) is 10.2 Å². The van der Waals surface area contributed by atoms with Crippen molar-refractivity contribution < 1.29 is 22.0 Å². The number of thiazole rings is 1. The van der Waals surface area contributed by atoms with Gasteiger partial charge in [-0.15, -0.1) is 0 Å². The summed E-state index contributed by atoms with van der Waals surface area (Å²) in [6, 6.07) is 7.61. The molecule has 3 aromatic rings. The Labute approximate surface area is 214 Å². The summed E-state index contributed by atoms with van der Waals surface area (Å²) in [6.45, 7) is 8.46. The molecule has 1 fully saturated rings. The molecule has 0 aliphatic carbocycles. The van der Waals surface area contributed by atoms with E-state index in [0.717, 1.165) is 36.1 Å². The van der Waals surface area contributed by atoms with Gasteiger partial charge in [-0.05, 0) is 51.1 Å². The van der Waals surface area contributed by atoms with E-state index in [2.05, 4.69) is 9.88 Å². The van der Waals surface area contributed by atoms with E-state index in [4.69, 9.17) is 0 Å². The van der Waals surface area contributed by atoms with Gasteiger partial charge in [0.05, 0.1) is 9.60 Å². The number of carbonyl (C=O) groups excluding carboxylic acids is 1. The molecule has 1 atom stereocenters. The highest BCUT2D eigenvalue weighted by molar-refractivity contribution is 7.89. The number of sulfonamides is 1. The molecule has 1 unspecified atom stereocenters. The van der Waals surface area contributed by atoms with Gasteiger partial charge in [0.2, 0.25) is 15.9 Å². The Bertz CT molecular complexity index is 1340. The number of aryl methyl sites for hydroxylation is 1. The SMILES string of the molecule is CCN(CC)CCN(C(=O)C1CCCN1S(=O)(=O)c1ccc(C)cc1)c1nc2c(F)cc(F)cc2s1. The average Bonchev–Trinajstić information content (AvgIpc) is 3.50. The molecule has 0 N–H and O–H groups in total. The molecule has 7 nitrogen and oxygen atoms in total. The predicted octanol–water partition coefficient (Wildman–Crippen LogP) is 4.41. The smallest absolute Gasteiger partial charge is 0.247 e. The van der Waals surface area contributed by atoms with Crippen LogP contribution in [-0.2, 0) is 14.8 Å². The minimum atomic E-state index is -3.89. The lowest BCUT2D eigenvalue weighted by Gasteiger charge is -2.30. The van der Waals surface area contributed by atoms with Crippen LogP contribution in [0.4, 0.5) is 13.9 Å². The highest BCUT2D eigenvalue weighted by atomic mass is 32.2. The molecule has 1 saturated heterocycles. The van der Waals surface area contributed by atoms with E-state index in [1.807, 2.05) is 20.8 Å². The number of amides is 1. The van der Waals surface area contributed by atoms with Crippen molar-refractivity contribution in [3.63, 3.8) is 0 Å². The summed E-state index contributed by atoms with van der Waals surface area (Å²) in [5, 5.41) is 0.228. The molecule has 11 heteroatoms. The van der Waals surface area contributed by atoms with Crippen LogP contribution in [0.2, 0.25) is 0 Å². The largest absolute Gasteiger partial charge is 0.302 e. The third-order valence-electron chi connectivity index (χ3n) is 6.55. The maximum atomic E-state index is 14.4. The minimum absolute atomic E-state index is 0.00686. The third kappa shape index (κ3) is 5.29. The predicted molar refractivity (Wildman–Crippen MR) is 138 cm³/mol. The first-order valence-corrected chi connectivity index (χ1v) is 14.3. The number of anilines is 1. The Morgan fingerprint density at radius 2 is 1.83 bits per heavy atom. The van der Waals surface area contributed by atoms with Crippen LogP contribution >= 0.6 is 11.3 Å². The van der Waals surface area contributed by atoms with E-state index in [-0.39, 0.29) is 28.6 Å². The van der Waals surface area contributed by atoms with Crippen LogP contribution in [-0.4, -0.2) is 67.3 Å². The van der Waals surface area contributed by atoms with Crippen LogP contribution in [0.3, 0.4) is 0 Å². The molecule has 4 rings (SSSR count). The number of nitrogens with zero attached hydrogens (tertiary/aromatic N) is 4. The van der Waals surface area contributed by atoms with Crippen LogP contribution < -0.4 is 4.90 Å². The van der Waals surface area contributed by atoms with Crippen molar-refractivity contribution in [3.05, 3.63) is 53.6 Å². The molecule has 2 heterocycles. The summed E-state index contributed by atoms with van der Waals surface area (Å²) in [5.41, 5.74) is 0.928. The summed E-state index contributed by atoms with van der Waals surface area (Å²) in [5.74, 6) is -1.93. The van der Waals surface area contributed by atoms with Gasteiger partial charge in [0.25, 0.3) is 0 Å². The maximum Gasteiger partial charge on any atom is 0.247 e. The van der Waals surface area contributed by atoms with Gasteiger partial charge in [0, 0.05) is 25.7 Å². The van der Waals surface area contributed by atoms with Gasteiger partial charge >= 0.3 is 0 Å². The molecule has 0 radical (unpaired) electrons. The molecule has 0 saturated carbocycles. The van der Waals surface area contributed by atoms with E-state index in [9.17, 15) is 22.0 Å². The van der Waals surface area contributed by atoms with Crippen molar-refractivity contribution in [2.24, 2.45) is 0 Å². The number of carbonyl (C=O) groups is 1. The Kier molecular flexibility index (Phi) is 8.03. The highest BCUT2D eigenvalue weighted by Crippen LogP contribution is 2.34. The Morgan fingerprint density at radius 1 is 1.14 bits per heavy atom. The van der Waals surface area contributed by atoms with Gasteiger partial charge < -0.3 is 4.90 Å². The molecule has 1 amide bonds. The van der Waals surface area contributed by atoms with Gasteiger partial charge in [-0.25, -0.2) is 22.2 Å². The van der Waals surface area contributed by atoms with Crippen molar-refractivity contribution >= 4 is 42.6 Å². The second-order valence-electron chi connectivity index (χ2n) is 8.83. The van der Waals surface area contributed by atoms with Gasteiger partial charge in [-0.1, -0.05) is 42.9 Å². The number of benzene rings is 2. The molecular weight excluding hydrogens is 506 g/mol. The quantitative estimate of drug-likeness (QED) is 0.405. The Hall–Kier alpha value is -2.47. The van der Waals surface area contributed by atoms with Crippen LogP contribution in [0.5, 0.6) is 0 Å². The number of hydrogen-bond donors (Lipinski definition) is 0. The Morgan fingerprint density at radius 3 is 2.50 bits per heavy atom. The van der Waals surface area contributed by atoms with E-state index in [1.165, 1.54) is 15.3 Å². The summed E-state index contributed by atoms with van der Waals surface area (Å²) in [4.78, 5) is 21.9. The molecule has 1 aliphatic heterocycles. The zero-order valence-electron chi connectivity index (χ0n) is 20.6. The van der Waals surface area contributed by atoms with Crippen molar-refractivity contribution in [2.45, 2.75) is 44.6 Å². The standard InChI is InChI=1S/C25H30F2N4O3S2/c1-4-29(5-2)13-14-30(25-28-23-20(27)15-18(26)16-22(23)35-25)24(32)21-7-6-12-31(21)36(33,34)19-10-8-17(3)9-11-19/h8-11,15-16,21H,4-7,12-14H2,1-3H3. The molecule has 194 valence electrons. The molecule has 0 bridgehead atoms. The second kappa shape index (κ2) is 10.9. The molecule has 36 heavy (non-hydrogen) atoms. The summed E-state index contributed by atoms with van der Waals surface area (Å²) >= 11 is 1.02. The van der Waals surface area contributed by atoms with E-state index in [1.54, 1.807) is 24.3 Å². The summed E-state index contributed by atoms with van der Waals surface area (Å²) < 4.78 is 56.6. The number of rotatable bonds is 9. The first-order chi connectivity index (χ1) is 17.1. The van der Waals surface area contributed by atoms with Gasteiger partial charge in [0.1, 0.15) is 17.4 Å². The van der Waals surface area contributed by atoms with Crippen LogP contribution in [0, 0.1) is 18.6 Å². The fourth-order valence-electron chi connectivity index (χ4n) is 4.44. The van der Waals surface area contributed by atoms with Crippen molar-refractivity contribution in [3.8, 4) is 0 Å². The van der Waals surface area contributed by atoms with Gasteiger partial charge in [0.15, 0.2) is 10.9 Å². The fraction of sp³-hybridized carbons (Fsp3) is 0.440. The minimum Gasteiger partial charge on any atom is -0.302 e. The van der Waals surface area contributed by atoms with E-state index < -0.39 is 33.6 Å². The first-order valence-electron chi connectivity index (χ1n) is 12.0. The fourth-order valence-corrected chi connectivity index (χ4v) is 7.13. The topological polar surface area (TPSA) is 73.8 Å². The normalized spacial score (nSPS) is 16.8. The van der Waals surface area contributed by atoms with E-state index >= 15 is 0 Å².